The number of esters is 1. The maximum atomic E-state index is 12.8. The summed E-state index contributed by atoms with van der Waals surface area (Å²) in [6.45, 7) is 5.34. The Bertz CT molecular complexity index is 948. The van der Waals surface area contributed by atoms with Gasteiger partial charge in [-0.25, -0.2) is 4.79 Å². The van der Waals surface area contributed by atoms with Crippen LogP contribution >= 0.6 is 0 Å². The third-order valence-corrected chi connectivity index (χ3v) is 4.22. The lowest BCUT2D eigenvalue weighted by atomic mass is 10.1. The maximum absolute atomic E-state index is 12.8. The van der Waals surface area contributed by atoms with Gasteiger partial charge in [0.1, 0.15) is 5.69 Å². The number of carbonyl (C=O) groups excluding carboxylic acids is 4. The molecule has 1 aromatic carbocycles. The second kappa shape index (κ2) is 9.54. The number of aromatic nitrogens is 1. The number of carbonyl (C=O) groups is 4. The first-order valence-corrected chi connectivity index (χ1v) is 9.09. The van der Waals surface area contributed by atoms with E-state index in [0.29, 0.717) is 22.5 Å². The molecule has 0 radical (unpaired) electrons. The number of amides is 3. The number of H-pyrrole nitrogens is 1. The number of nitrogens with two attached hydrogens (primary N) is 1. The average molecular weight is 400 g/mol. The van der Waals surface area contributed by atoms with Crippen LogP contribution in [0.25, 0.3) is 0 Å². The lowest BCUT2D eigenvalue weighted by molar-refractivity contribution is -0.117. The van der Waals surface area contributed by atoms with Crippen molar-refractivity contribution >= 4 is 29.4 Å². The van der Waals surface area contributed by atoms with Crippen LogP contribution in [0.1, 0.15) is 55.8 Å². The van der Waals surface area contributed by atoms with Crippen molar-refractivity contribution in [3.8, 4) is 0 Å². The van der Waals surface area contributed by atoms with Crippen LogP contribution in [0, 0.1) is 13.8 Å². The van der Waals surface area contributed by atoms with Gasteiger partial charge >= 0.3 is 5.97 Å². The number of benzene rings is 1. The van der Waals surface area contributed by atoms with Crippen LogP contribution in [0.5, 0.6) is 0 Å². The summed E-state index contributed by atoms with van der Waals surface area (Å²) in [6.07, 6.45) is 0.0118. The number of anilines is 1. The zero-order valence-electron chi connectivity index (χ0n) is 16.5. The van der Waals surface area contributed by atoms with Crippen LogP contribution in [0.3, 0.4) is 0 Å². The number of hydrogen-bond donors (Lipinski definition) is 4. The normalized spacial score (nSPS) is 10.3. The monoisotopic (exact) mass is 400 g/mol. The number of aryl methyl sites for hydroxylation is 1. The molecule has 0 unspecified atom stereocenters. The van der Waals surface area contributed by atoms with Gasteiger partial charge in [-0.2, -0.15) is 0 Å². The van der Waals surface area contributed by atoms with Crippen molar-refractivity contribution in [3.05, 3.63) is 52.3 Å². The Hall–Kier alpha value is -3.62. The smallest absolute Gasteiger partial charge is 0.340 e. The largest absolute Gasteiger partial charge is 0.462 e. The fourth-order valence-electron chi connectivity index (χ4n) is 2.86. The van der Waals surface area contributed by atoms with Crippen molar-refractivity contribution in [3.63, 3.8) is 0 Å². The molecule has 1 aromatic heterocycles. The number of nitrogens with one attached hydrogen (secondary N) is 3. The molecule has 9 nitrogen and oxygen atoms in total. The molecule has 154 valence electrons. The fraction of sp³-hybridized carbons (Fsp3) is 0.300. The summed E-state index contributed by atoms with van der Waals surface area (Å²) in [7, 11) is 0. The van der Waals surface area contributed by atoms with E-state index in [4.69, 9.17) is 10.5 Å². The number of hydrogen-bond acceptors (Lipinski definition) is 5. The first-order valence-electron chi connectivity index (χ1n) is 9.09. The van der Waals surface area contributed by atoms with E-state index < -0.39 is 23.7 Å². The van der Waals surface area contributed by atoms with E-state index in [2.05, 4.69) is 15.6 Å². The van der Waals surface area contributed by atoms with Crippen molar-refractivity contribution in [1.82, 2.24) is 10.3 Å². The molecule has 2 aromatic rings. The van der Waals surface area contributed by atoms with E-state index in [-0.39, 0.29) is 30.8 Å². The van der Waals surface area contributed by atoms with Crippen molar-refractivity contribution in [2.45, 2.75) is 27.2 Å². The quantitative estimate of drug-likeness (QED) is 0.498. The van der Waals surface area contributed by atoms with Crippen LogP contribution in [0.4, 0.5) is 5.69 Å². The number of aromatic amines is 1. The third kappa shape index (κ3) is 5.22. The number of rotatable bonds is 8. The molecule has 0 fully saturated rings. The summed E-state index contributed by atoms with van der Waals surface area (Å²) in [6, 6.07) is 6.46. The van der Waals surface area contributed by atoms with Gasteiger partial charge in [0.2, 0.25) is 5.91 Å². The van der Waals surface area contributed by atoms with Gasteiger partial charge in [0.15, 0.2) is 0 Å². The van der Waals surface area contributed by atoms with Gasteiger partial charge in [-0.3, -0.25) is 14.4 Å². The highest BCUT2D eigenvalue weighted by atomic mass is 16.5. The molecule has 0 spiro atoms. The van der Waals surface area contributed by atoms with Gasteiger partial charge in [0, 0.05) is 18.7 Å². The Labute approximate surface area is 168 Å². The molecule has 1 heterocycles. The number of para-hydroxylation sites is 1. The molecule has 29 heavy (non-hydrogen) atoms. The van der Waals surface area contributed by atoms with Crippen molar-refractivity contribution in [2.24, 2.45) is 5.73 Å². The molecule has 0 bridgehead atoms. The molecular formula is C20H24N4O5. The first-order chi connectivity index (χ1) is 13.8. The van der Waals surface area contributed by atoms with E-state index >= 15 is 0 Å². The standard InChI is InChI=1S/C20H24N4O5/c1-4-29-20(28)16-11(2)17(23-12(16)3)19(27)24-14-8-6-5-7-13(14)18(26)22-10-9-15(21)25/h5-8,23H,4,9-10H2,1-3H3,(H2,21,25)(H,22,26)(H,24,27). The summed E-state index contributed by atoms with van der Waals surface area (Å²) in [5, 5.41) is 5.26. The Morgan fingerprint density at radius 2 is 1.79 bits per heavy atom. The van der Waals surface area contributed by atoms with Crippen LogP contribution in [-0.2, 0) is 9.53 Å². The lowest BCUT2D eigenvalue weighted by Gasteiger charge is -2.11. The molecule has 0 saturated carbocycles. The van der Waals surface area contributed by atoms with Crippen LogP contribution in [0.15, 0.2) is 24.3 Å². The molecule has 5 N–H and O–H groups in total. The summed E-state index contributed by atoms with van der Waals surface area (Å²) in [4.78, 5) is 51.0. The molecule has 0 atom stereocenters. The van der Waals surface area contributed by atoms with E-state index in [1.807, 2.05) is 0 Å². The second-order valence-electron chi connectivity index (χ2n) is 6.32. The van der Waals surface area contributed by atoms with Crippen molar-refractivity contribution in [1.29, 1.82) is 0 Å². The predicted octanol–water partition coefficient (Wildman–Crippen LogP) is 1.67. The zero-order chi connectivity index (χ0) is 21.6. The second-order valence-corrected chi connectivity index (χ2v) is 6.32. The van der Waals surface area contributed by atoms with E-state index in [0.717, 1.165) is 0 Å². The molecule has 0 aliphatic rings. The minimum atomic E-state index is -0.526. The highest BCUT2D eigenvalue weighted by Gasteiger charge is 2.23. The van der Waals surface area contributed by atoms with Gasteiger partial charge in [-0.15, -0.1) is 0 Å². The Kier molecular flexibility index (Phi) is 7.13. The maximum Gasteiger partial charge on any atom is 0.340 e. The van der Waals surface area contributed by atoms with Gasteiger partial charge in [-0.05, 0) is 38.5 Å². The third-order valence-electron chi connectivity index (χ3n) is 4.22. The SMILES string of the molecule is CCOC(=O)c1c(C)[nH]c(C(=O)Nc2ccccc2C(=O)NCCC(N)=O)c1C. The molecular weight excluding hydrogens is 376 g/mol. The van der Waals surface area contributed by atoms with E-state index in [1.165, 1.54) is 0 Å². The summed E-state index contributed by atoms with van der Waals surface area (Å²) in [5.41, 5.74) is 7.08. The topological polar surface area (TPSA) is 143 Å². The Morgan fingerprint density at radius 3 is 2.45 bits per heavy atom. The van der Waals surface area contributed by atoms with Crippen molar-refractivity contribution in [2.75, 3.05) is 18.5 Å². The van der Waals surface area contributed by atoms with E-state index in [1.54, 1.807) is 45.0 Å². The summed E-state index contributed by atoms with van der Waals surface area (Å²) >= 11 is 0. The van der Waals surface area contributed by atoms with Crippen LogP contribution < -0.4 is 16.4 Å². The molecule has 2 rings (SSSR count). The van der Waals surface area contributed by atoms with Crippen LogP contribution in [-0.4, -0.2) is 41.8 Å². The van der Waals surface area contributed by atoms with Crippen LogP contribution in [0.2, 0.25) is 0 Å². The zero-order valence-corrected chi connectivity index (χ0v) is 16.5. The molecule has 0 aliphatic carbocycles. The molecule has 9 heteroatoms. The van der Waals surface area contributed by atoms with Crippen molar-refractivity contribution < 1.29 is 23.9 Å². The Morgan fingerprint density at radius 1 is 1.10 bits per heavy atom. The van der Waals surface area contributed by atoms with Gasteiger partial charge < -0.3 is 26.1 Å². The fourth-order valence-corrected chi connectivity index (χ4v) is 2.86. The van der Waals surface area contributed by atoms with Gasteiger partial charge in [0.05, 0.1) is 23.4 Å². The van der Waals surface area contributed by atoms with Gasteiger partial charge in [0.25, 0.3) is 11.8 Å². The Balaban J connectivity index is 2.22. The summed E-state index contributed by atoms with van der Waals surface area (Å²) in [5.74, 6) is -1.99. The predicted molar refractivity (Wildman–Crippen MR) is 107 cm³/mol. The molecule has 0 aliphatic heterocycles. The number of ether oxygens (including phenoxy) is 1. The highest BCUT2D eigenvalue weighted by Crippen LogP contribution is 2.22. The molecule has 3 amide bonds. The number of primary amides is 1. The van der Waals surface area contributed by atoms with E-state index in [9.17, 15) is 19.2 Å². The highest BCUT2D eigenvalue weighted by molar-refractivity contribution is 6.10. The summed E-state index contributed by atoms with van der Waals surface area (Å²) < 4.78 is 5.03. The van der Waals surface area contributed by atoms with Gasteiger partial charge in [-0.1, -0.05) is 12.1 Å². The average Bonchev–Trinajstić information content (AvgIpc) is 2.96. The minimum absolute atomic E-state index is 0.0118. The first kappa shape index (κ1) is 21.7. The molecule has 0 saturated heterocycles. The lowest BCUT2D eigenvalue weighted by Crippen LogP contribution is -2.29. The minimum Gasteiger partial charge on any atom is -0.462 e.